The number of nitrogens with one attached hydrogen (secondary N) is 2. The number of carbonyl (C=O) groups excluding carboxylic acids is 1. The predicted molar refractivity (Wildman–Crippen MR) is 74.8 cm³/mol. The van der Waals surface area contributed by atoms with Gasteiger partial charge in [0.1, 0.15) is 5.75 Å². The molecule has 1 amide bonds. The molecule has 2 N–H and O–H groups in total. The van der Waals surface area contributed by atoms with Crippen LogP contribution in [0.1, 0.15) is 5.56 Å². The zero-order valence-corrected chi connectivity index (χ0v) is 11.7. The Labute approximate surface area is 113 Å². The molecule has 104 valence electrons. The first kappa shape index (κ1) is 14.0. The number of rotatable bonds is 5. The fourth-order valence-electron chi connectivity index (χ4n) is 2.00. The minimum Gasteiger partial charge on any atom is -0.325 e. The molecule has 0 radical (unpaired) electrons. The van der Waals surface area contributed by atoms with Crippen molar-refractivity contribution < 1.29 is 13.2 Å². The highest BCUT2D eigenvalue weighted by molar-refractivity contribution is 7.92. The van der Waals surface area contributed by atoms with Gasteiger partial charge < -0.3 is 10.6 Å². The standard InChI is InChI=1S/C13H18N2O3S/c1-10-3-2-4-12(5-10)15-13(16)9-19(17,18)8-11-6-14-7-11/h2-5,11,14H,6-9H2,1H3,(H,15,16). The van der Waals surface area contributed by atoms with Crippen LogP contribution < -0.4 is 10.6 Å². The molecular formula is C13H18N2O3S. The van der Waals surface area contributed by atoms with Crippen LogP contribution in [0.4, 0.5) is 5.69 Å². The summed E-state index contributed by atoms with van der Waals surface area (Å²) in [5.41, 5.74) is 1.65. The molecule has 1 fully saturated rings. The third-order valence-corrected chi connectivity index (χ3v) is 4.69. The lowest BCUT2D eigenvalue weighted by Crippen LogP contribution is -2.46. The molecule has 0 atom stereocenters. The molecule has 0 aliphatic carbocycles. The van der Waals surface area contributed by atoms with Crippen molar-refractivity contribution in [1.82, 2.24) is 5.32 Å². The predicted octanol–water partition coefficient (Wildman–Crippen LogP) is 0.568. The highest BCUT2D eigenvalue weighted by Gasteiger charge is 2.26. The van der Waals surface area contributed by atoms with Crippen LogP contribution in [0.2, 0.25) is 0 Å². The van der Waals surface area contributed by atoms with Crippen LogP contribution in [-0.4, -0.2) is 38.9 Å². The van der Waals surface area contributed by atoms with Crippen molar-refractivity contribution in [3.8, 4) is 0 Å². The summed E-state index contributed by atoms with van der Waals surface area (Å²) >= 11 is 0. The minimum absolute atomic E-state index is 0.0846. The second-order valence-corrected chi connectivity index (χ2v) is 7.11. The average Bonchev–Trinajstić information content (AvgIpc) is 2.23. The first-order chi connectivity index (χ1) is 8.94. The van der Waals surface area contributed by atoms with Crippen molar-refractivity contribution in [3.05, 3.63) is 29.8 Å². The summed E-state index contributed by atoms with van der Waals surface area (Å²) in [4.78, 5) is 11.7. The summed E-state index contributed by atoms with van der Waals surface area (Å²) in [6.45, 7) is 3.35. The van der Waals surface area contributed by atoms with Gasteiger partial charge in [-0.05, 0) is 30.5 Å². The Kier molecular flexibility index (Phi) is 4.21. The molecule has 19 heavy (non-hydrogen) atoms. The van der Waals surface area contributed by atoms with Gasteiger partial charge in [-0.25, -0.2) is 8.42 Å². The van der Waals surface area contributed by atoms with Crippen molar-refractivity contribution in [2.24, 2.45) is 5.92 Å². The molecule has 0 spiro atoms. The zero-order valence-electron chi connectivity index (χ0n) is 10.8. The van der Waals surface area contributed by atoms with Crippen molar-refractivity contribution in [1.29, 1.82) is 0 Å². The number of anilines is 1. The first-order valence-corrected chi connectivity index (χ1v) is 8.04. The molecule has 2 rings (SSSR count). The van der Waals surface area contributed by atoms with Gasteiger partial charge >= 0.3 is 0 Å². The third-order valence-electron chi connectivity index (χ3n) is 3.01. The fourth-order valence-corrected chi connectivity index (χ4v) is 3.55. The Balaban J connectivity index is 1.89. The van der Waals surface area contributed by atoms with E-state index in [1.54, 1.807) is 12.1 Å². The highest BCUT2D eigenvalue weighted by atomic mass is 32.2. The summed E-state index contributed by atoms with van der Waals surface area (Å²) < 4.78 is 23.6. The number of sulfone groups is 1. The Morgan fingerprint density at radius 1 is 1.42 bits per heavy atom. The first-order valence-electron chi connectivity index (χ1n) is 6.22. The molecule has 1 aliphatic rings. The van der Waals surface area contributed by atoms with E-state index in [9.17, 15) is 13.2 Å². The summed E-state index contributed by atoms with van der Waals surface area (Å²) in [7, 11) is -3.32. The molecule has 6 heteroatoms. The number of aryl methyl sites for hydroxylation is 1. The number of benzene rings is 1. The molecular weight excluding hydrogens is 264 g/mol. The van der Waals surface area contributed by atoms with Gasteiger partial charge in [0, 0.05) is 18.8 Å². The summed E-state index contributed by atoms with van der Waals surface area (Å²) in [5, 5.41) is 5.63. The SMILES string of the molecule is Cc1cccc(NC(=O)CS(=O)(=O)CC2CNC2)c1. The van der Waals surface area contributed by atoms with Gasteiger partial charge in [0.25, 0.3) is 0 Å². The minimum atomic E-state index is -3.32. The highest BCUT2D eigenvalue weighted by Crippen LogP contribution is 2.11. The molecule has 1 saturated heterocycles. The van der Waals surface area contributed by atoms with E-state index in [0.717, 1.165) is 18.7 Å². The van der Waals surface area contributed by atoms with E-state index in [-0.39, 0.29) is 11.7 Å². The summed E-state index contributed by atoms with van der Waals surface area (Å²) in [5.74, 6) is -0.687. The van der Waals surface area contributed by atoms with Crippen molar-refractivity contribution >= 4 is 21.4 Å². The zero-order chi connectivity index (χ0) is 13.9. The Morgan fingerprint density at radius 2 is 2.16 bits per heavy atom. The lowest BCUT2D eigenvalue weighted by atomic mass is 10.1. The van der Waals surface area contributed by atoms with E-state index >= 15 is 0 Å². The van der Waals surface area contributed by atoms with E-state index in [4.69, 9.17) is 0 Å². The van der Waals surface area contributed by atoms with Crippen LogP contribution in [0.25, 0.3) is 0 Å². The van der Waals surface area contributed by atoms with E-state index in [2.05, 4.69) is 10.6 Å². The van der Waals surface area contributed by atoms with Gasteiger partial charge in [-0.3, -0.25) is 4.79 Å². The van der Waals surface area contributed by atoms with E-state index in [0.29, 0.717) is 5.69 Å². The lowest BCUT2D eigenvalue weighted by Gasteiger charge is -2.26. The van der Waals surface area contributed by atoms with Crippen LogP contribution in [0, 0.1) is 12.8 Å². The van der Waals surface area contributed by atoms with Gasteiger partial charge in [0.15, 0.2) is 9.84 Å². The van der Waals surface area contributed by atoms with Crippen LogP contribution in [-0.2, 0) is 14.6 Å². The molecule has 1 aliphatic heterocycles. The van der Waals surface area contributed by atoms with Gasteiger partial charge in [-0.1, -0.05) is 12.1 Å². The smallest absolute Gasteiger partial charge is 0.239 e. The third kappa shape index (κ3) is 4.33. The van der Waals surface area contributed by atoms with E-state index < -0.39 is 21.5 Å². The topological polar surface area (TPSA) is 75.3 Å². The van der Waals surface area contributed by atoms with Crippen LogP contribution in [0.3, 0.4) is 0 Å². The number of hydrogen-bond donors (Lipinski definition) is 2. The largest absolute Gasteiger partial charge is 0.325 e. The van der Waals surface area contributed by atoms with Crippen LogP contribution in [0.5, 0.6) is 0 Å². The van der Waals surface area contributed by atoms with E-state index in [1.165, 1.54) is 0 Å². The lowest BCUT2D eigenvalue weighted by molar-refractivity contribution is -0.113. The van der Waals surface area contributed by atoms with Crippen LogP contribution in [0.15, 0.2) is 24.3 Å². The fraction of sp³-hybridized carbons (Fsp3) is 0.462. The van der Waals surface area contributed by atoms with Crippen molar-refractivity contribution in [3.63, 3.8) is 0 Å². The van der Waals surface area contributed by atoms with E-state index in [1.807, 2.05) is 19.1 Å². The maximum Gasteiger partial charge on any atom is 0.239 e. The van der Waals surface area contributed by atoms with Crippen molar-refractivity contribution in [2.45, 2.75) is 6.92 Å². The second-order valence-electron chi connectivity index (χ2n) is 5.00. The Morgan fingerprint density at radius 3 is 2.74 bits per heavy atom. The van der Waals surface area contributed by atoms with Crippen molar-refractivity contribution in [2.75, 3.05) is 29.9 Å². The molecule has 1 heterocycles. The normalized spacial score (nSPS) is 15.8. The summed E-state index contributed by atoms with van der Waals surface area (Å²) in [6.07, 6.45) is 0. The molecule has 5 nitrogen and oxygen atoms in total. The molecule has 0 bridgehead atoms. The monoisotopic (exact) mass is 282 g/mol. The number of amides is 1. The van der Waals surface area contributed by atoms with Gasteiger partial charge in [0.2, 0.25) is 5.91 Å². The number of hydrogen-bond acceptors (Lipinski definition) is 4. The van der Waals surface area contributed by atoms with Gasteiger partial charge in [-0.15, -0.1) is 0 Å². The van der Waals surface area contributed by atoms with Gasteiger partial charge in [-0.2, -0.15) is 0 Å². The quantitative estimate of drug-likeness (QED) is 0.828. The second kappa shape index (κ2) is 5.71. The molecule has 0 saturated carbocycles. The Hall–Kier alpha value is -1.40. The van der Waals surface area contributed by atoms with Crippen LogP contribution >= 0.6 is 0 Å². The maximum absolute atomic E-state index is 11.8. The molecule has 0 aromatic heterocycles. The number of carbonyl (C=O) groups is 1. The molecule has 1 aromatic rings. The maximum atomic E-state index is 11.8. The average molecular weight is 282 g/mol. The Bertz CT molecular complexity index is 565. The van der Waals surface area contributed by atoms with Gasteiger partial charge in [0.05, 0.1) is 5.75 Å². The summed E-state index contributed by atoms with van der Waals surface area (Å²) in [6, 6.07) is 7.28. The molecule has 0 unspecified atom stereocenters. The molecule has 1 aromatic carbocycles.